The molecule has 1 atom stereocenters. The number of nitrogens with zero attached hydrogens (tertiary/aromatic N) is 1. The van der Waals surface area contributed by atoms with E-state index in [9.17, 15) is 0 Å². The van der Waals surface area contributed by atoms with Gasteiger partial charge in [-0.15, -0.1) is 6.58 Å². The molecule has 0 fully saturated rings. The molecule has 0 aliphatic carbocycles. The molecule has 11 heavy (non-hydrogen) atoms. The third-order valence-electron chi connectivity index (χ3n) is 1.36. The highest BCUT2D eigenvalue weighted by Crippen LogP contribution is 2.14. The predicted molar refractivity (Wildman–Crippen MR) is 49.1 cm³/mol. The minimum atomic E-state index is -0.125. The lowest BCUT2D eigenvalue weighted by atomic mass is 10.1. The van der Waals surface area contributed by atoms with Crippen LogP contribution < -0.4 is 5.73 Å². The minimum Gasteiger partial charge on any atom is -0.321 e. The van der Waals surface area contributed by atoms with Crippen LogP contribution in [0.15, 0.2) is 35.6 Å². The molecule has 3 heteroatoms. The molecule has 0 aliphatic heterocycles. The van der Waals surface area contributed by atoms with E-state index < -0.39 is 0 Å². The average Bonchev–Trinajstić information content (AvgIpc) is 2.03. The molecule has 0 spiro atoms. The van der Waals surface area contributed by atoms with Crippen LogP contribution in [-0.4, -0.2) is 4.98 Å². The van der Waals surface area contributed by atoms with Gasteiger partial charge >= 0.3 is 0 Å². The van der Waals surface area contributed by atoms with Crippen molar-refractivity contribution in [3.8, 4) is 0 Å². The smallest absolute Gasteiger partial charge is 0.0494 e. The number of nitrogens with two attached hydrogens (primary N) is 1. The van der Waals surface area contributed by atoms with Gasteiger partial charge in [0.25, 0.3) is 0 Å². The molecule has 1 aromatic rings. The van der Waals surface area contributed by atoms with Crippen LogP contribution in [0.3, 0.4) is 0 Å². The molecule has 58 valence electrons. The van der Waals surface area contributed by atoms with Crippen molar-refractivity contribution in [1.29, 1.82) is 0 Å². The van der Waals surface area contributed by atoms with Gasteiger partial charge in [0.15, 0.2) is 0 Å². The zero-order valence-electron chi connectivity index (χ0n) is 6.00. The summed E-state index contributed by atoms with van der Waals surface area (Å²) in [5, 5.41) is 0. The van der Waals surface area contributed by atoms with Crippen LogP contribution in [0.2, 0.25) is 0 Å². The lowest BCUT2D eigenvalue weighted by molar-refractivity contribution is 0.902. The SMILES string of the molecule is C=CC(N)c1cncc(Br)c1. The number of rotatable bonds is 2. The molecule has 2 nitrogen and oxygen atoms in total. The van der Waals surface area contributed by atoms with Gasteiger partial charge in [0.2, 0.25) is 0 Å². The summed E-state index contributed by atoms with van der Waals surface area (Å²) in [5.41, 5.74) is 6.65. The molecular formula is C8H9BrN2. The van der Waals surface area contributed by atoms with Crippen LogP contribution in [0.1, 0.15) is 11.6 Å². The zero-order chi connectivity index (χ0) is 8.27. The van der Waals surface area contributed by atoms with Gasteiger partial charge in [-0.1, -0.05) is 6.08 Å². The van der Waals surface area contributed by atoms with Gasteiger partial charge in [-0.25, -0.2) is 0 Å². The largest absolute Gasteiger partial charge is 0.321 e. The highest BCUT2D eigenvalue weighted by atomic mass is 79.9. The Kier molecular flexibility index (Phi) is 2.79. The summed E-state index contributed by atoms with van der Waals surface area (Å²) in [4.78, 5) is 3.98. The van der Waals surface area contributed by atoms with Crippen molar-refractivity contribution in [3.05, 3.63) is 41.2 Å². The van der Waals surface area contributed by atoms with Gasteiger partial charge in [0.1, 0.15) is 0 Å². The Balaban J connectivity index is 2.95. The Hall–Kier alpha value is -0.670. The molecule has 1 heterocycles. The fourth-order valence-corrected chi connectivity index (χ4v) is 1.13. The summed E-state index contributed by atoms with van der Waals surface area (Å²) >= 11 is 3.31. The zero-order valence-corrected chi connectivity index (χ0v) is 7.58. The Morgan fingerprint density at radius 3 is 2.91 bits per heavy atom. The maximum absolute atomic E-state index is 5.68. The summed E-state index contributed by atoms with van der Waals surface area (Å²) < 4.78 is 0.937. The first kappa shape index (κ1) is 8.43. The topological polar surface area (TPSA) is 38.9 Å². The van der Waals surface area contributed by atoms with Gasteiger partial charge in [-0.3, -0.25) is 4.98 Å². The lowest BCUT2D eigenvalue weighted by Gasteiger charge is -2.04. The maximum Gasteiger partial charge on any atom is 0.0494 e. The Bertz CT molecular complexity index is 260. The first-order chi connectivity index (χ1) is 5.24. The monoisotopic (exact) mass is 212 g/mol. The van der Waals surface area contributed by atoms with Crippen LogP contribution in [0.4, 0.5) is 0 Å². The average molecular weight is 213 g/mol. The summed E-state index contributed by atoms with van der Waals surface area (Å²) in [6.45, 7) is 3.60. The van der Waals surface area contributed by atoms with Gasteiger partial charge in [-0.05, 0) is 27.6 Å². The Morgan fingerprint density at radius 2 is 2.36 bits per heavy atom. The third-order valence-corrected chi connectivity index (χ3v) is 1.80. The van der Waals surface area contributed by atoms with E-state index in [0.29, 0.717) is 0 Å². The van der Waals surface area contributed by atoms with Gasteiger partial charge in [-0.2, -0.15) is 0 Å². The van der Waals surface area contributed by atoms with Crippen LogP contribution in [0.25, 0.3) is 0 Å². The Morgan fingerprint density at radius 1 is 1.64 bits per heavy atom. The molecule has 1 aromatic heterocycles. The van der Waals surface area contributed by atoms with Crippen molar-refractivity contribution in [2.75, 3.05) is 0 Å². The van der Waals surface area contributed by atoms with E-state index in [1.807, 2.05) is 6.07 Å². The molecule has 0 saturated heterocycles. The Labute approximate surface area is 74.3 Å². The molecule has 2 N–H and O–H groups in total. The second kappa shape index (κ2) is 3.64. The van der Waals surface area contributed by atoms with E-state index in [2.05, 4.69) is 27.5 Å². The molecule has 1 rings (SSSR count). The summed E-state index contributed by atoms with van der Waals surface area (Å²) in [6, 6.07) is 1.80. The van der Waals surface area contributed by atoms with E-state index >= 15 is 0 Å². The summed E-state index contributed by atoms with van der Waals surface area (Å²) in [5.74, 6) is 0. The van der Waals surface area contributed by atoms with Crippen LogP contribution in [-0.2, 0) is 0 Å². The van der Waals surface area contributed by atoms with Crippen molar-refractivity contribution in [2.45, 2.75) is 6.04 Å². The van der Waals surface area contributed by atoms with Crippen molar-refractivity contribution in [1.82, 2.24) is 4.98 Å². The van der Waals surface area contributed by atoms with E-state index in [0.717, 1.165) is 10.0 Å². The number of hydrogen-bond donors (Lipinski definition) is 1. The highest BCUT2D eigenvalue weighted by Gasteiger charge is 2.00. The maximum atomic E-state index is 5.68. The van der Waals surface area contributed by atoms with Gasteiger partial charge in [0, 0.05) is 22.9 Å². The minimum absolute atomic E-state index is 0.125. The number of halogens is 1. The predicted octanol–water partition coefficient (Wildman–Crippen LogP) is 2.03. The van der Waals surface area contributed by atoms with Crippen LogP contribution >= 0.6 is 15.9 Å². The van der Waals surface area contributed by atoms with E-state index in [1.165, 1.54) is 0 Å². The van der Waals surface area contributed by atoms with Crippen LogP contribution in [0.5, 0.6) is 0 Å². The first-order valence-corrected chi connectivity index (χ1v) is 4.02. The highest BCUT2D eigenvalue weighted by molar-refractivity contribution is 9.10. The van der Waals surface area contributed by atoms with Gasteiger partial charge in [0.05, 0.1) is 0 Å². The molecular weight excluding hydrogens is 204 g/mol. The molecule has 0 bridgehead atoms. The summed E-state index contributed by atoms with van der Waals surface area (Å²) in [7, 11) is 0. The van der Waals surface area contributed by atoms with E-state index in [1.54, 1.807) is 18.5 Å². The van der Waals surface area contributed by atoms with E-state index in [-0.39, 0.29) is 6.04 Å². The molecule has 0 aromatic carbocycles. The molecule has 0 saturated carbocycles. The summed E-state index contributed by atoms with van der Waals surface area (Å²) in [6.07, 6.45) is 5.14. The standard InChI is InChI=1S/C8H9BrN2/c1-2-8(10)6-3-7(9)5-11-4-6/h2-5,8H,1,10H2. The van der Waals surface area contributed by atoms with E-state index in [4.69, 9.17) is 5.73 Å². The second-order valence-corrected chi connectivity index (χ2v) is 3.11. The van der Waals surface area contributed by atoms with Crippen molar-refractivity contribution in [3.63, 3.8) is 0 Å². The quantitative estimate of drug-likeness (QED) is 0.763. The second-order valence-electron chi connectivity index (χ2n) is 2.20. The normalized spacial score (nSPS) is 12.5. The molecule has 1 unspecified atom stereocenters. The molecule has 0 amide bonds. The number of hydrogen-bond acceptors (Lipinski definition) is 2. The fourth-order valence-electron chi connectivity index (χ4n) is 0.747. The fraction of sp³-hybridized carbons (Fsp3) is 0.125. The van der Waals surface area contributed by atoms with Gasteiger partial charge < -0.3 is 5.73 Å². The molecule has 0 aliphatic rings. The number of pyridine rings is 1. The third kappa shape index (κ3) is 2.13. The lowest BCUT2D eigenvalue weighted by Crippen LogP contribution is -2.06. The van der Waals surface area contributed by atoms with Crippen molar-refractivity contribution < 1.29 is 0 Å². The van der Waals surface area contributed by atoms with Crippen LogP contribution in [0, 0.1) is 0 Å². The number of aromatic nitrogens is 1. The molecule has 0 radical (unpaired) electrons. The van der Waals surface area contributed by atoms with Crippen molar-refractivity contribution in [2.24, 2.45) is 5.73 Å². The first-order valence-electron chi connectivity index (χ1n) is 3.22. The van der Waals surface area contributed by atoms with Crippen molar-refractivity contribution >= 4 is 15.9 Å².